The lowest BCUT2D eigenvalue weighted by molar-refractivity contribution is -0.161. The Hall–Kier alpha value is -1.94. The summed E-state index contributed by atoms with van der Waals surface area (Å²) in [4.78, 5) is 73.1. The molecule has 0 aromatic heterocycles. The van der Waals surface area contributed by atoms with Gasteiger partial charge in [0.25, 0.3) is 0 Å². The first-order chi connectivity index (χ1) is 48.9. The molecule has 0 saturated heterocycles. The van der Waals surface area contributed by atoms with Crippen molar-refractivity contribution in [3.8, 4) is 0 Å². The van der Waals surface area contributed by atoms with Gasteiger partial charge in [0.1, 0.15) is 19.3 Å². The maximum absolute atomic E-state index is 13.1. The van der Waals surface area contributed by atoms with E-state index in [-0.39, 0.29) is 25.7 Å². The number of esters is 4. The van der Waals surface area contributed by atoms with E-state index < -0.39 is 97.5 Å². The van der Waals surface area contributed by atoms with E-state index >= 15 is 0 Å². The third-order valence-corrected chi connectivity index (χ3v) is 21.5. The first-order valence-electron chi connectivity index (χ1n) is 42.5. The molecule has 19 heteroatoms. The molecular weight excluding hydrogens is 1320 g/mol. The van der Waals surface area contributed by atoms with E-state index in [0.29, 0.717) is 25.7 Å². The maximum atomic E-state index is 13.1. The fourth-order valence-corrected chi connectivity index (χ4v) is 14.3. The van der Waals surface area contributed by atoms with Crippen molar-refractivity contribution in [1.29, 1.82) is 0 Å². The minimum absolute atomic E-state index is 0.108. The van der Waals surface area contributed by atoms with Gasteiger partial charge >= 0.3 is 39.5 Å². The van der Waals surface area contributed by atoms with Crippen molar-refractivity contribution in [3.05, 3.63) is 0 Å². The second kappa shape index (κ2) is 73.6. The monoisotopic (exact) mass is 1480 g/mol. The predicted molar refractivity (Wildman–Crippen MR) is 414 cm³/mol. The zero-order valence-electron chi connectivity index (χ0n) is 66.2. The second-order valence-electron chi connectivity index (χ2n) is 30.2. The van der Waals surface area contributed by atoms with Crippen molar-refractivity contribution in [2.24, 2.45) is 11.8 Å². The average molecular weight is 1480 g/mol. The zero-order valence-corrected chi connectivity index (χ0v) is 68.0. The van der Waals surface area contributed by atoms with Gasteiger partial charge in [-0.05, 0) is 37.5 Å². The fraction of sp³-hybridized carbons (Fsp3) is 0.951. The number of rotatable bonds is 81. The van der Waals surface area contributed by atoms with Crippen LogP contribution in [0.15, 0.2) is 0 Å². The summed E-state index contributed by atoms with van der Waals surface area (Å²) in [7, 11) is -9.92. The number of ether oxygens (including phenoxy) is 4. The number of phosphoric acid groups is 2. The molecule has 0 aliphatic heterocycles. The first kappa shape index (κ1) is 99.1. The largest absolute Gasteiger partial charge is 0.472 e. The molecule has 0 spiro atoms. The summed E-state index contributed by atoms with van der Waals surface area (Å²) < 4.78 is 68.8. The molecular formula is C82H160O17P2. The molecule has 3 N–H and O–H groups in total. The summed E-state index contributed by atoms with van der Waals surface area (Å²) in [6.07, 6.45) is 63.7. The predicted octanol–water partition coefficient (Wildman–Crippen LogP) is 24.7. The minimum atomic E-state index is -4.96. The molecule has 0 aromatic carbocycles. The molecule has 0 heterocycles. The van der Waals surface area contributed by atoms with E-state index in [0.717, 1.165) is 102 Å². The molecule has 6 atom stereocenters. The number of hydrogen-bond donors (Lipinski definition) is 3. The van der Waals surface area contributed by atoms with Crippen molar-refractivity contribution < 1.29 is 80.2 Å². The van der Waals surface area contributed by atoms with Crippen molar-refractivity contribution in [3.63, 3.8) is 0 Å². The zero-order chi connectivity index (χ0) is 74.2. The number of phosphoric ester groups is 2. The molecule has 0 aliphatic carbocycles. The van der Waals surface area contributed by atoms with E-state index in [9.17, 15) is 43.2 Å². The minimum Gasteiger partial charge on any atom is -0.462 e. The van der Waals surface area contributed by atoms with Crippen LogP contribution in [-0.2, 0) is 65.4 Å². The van der Waals surface area contributed by atoms with Crippen LogP contribution in [0.25, 0.3) is 0 Å². The quantitative estimate of drug-likeness (QED) is 0.0222. The highest BCUT2D eigenvalue weighted by atomic mass is 31.2. The van der Waals surface area contributed by atoms with Gasteiger partial charge in [0.2, 0.25) is 0 Å². The van der Waals surface area contributed by atoms with E-state index in [1.54, 1.807) is 0 Å². The highest BCUT2D eigenvalue weighted by molar-refractivity contribution is 7.47. The average Bonchev–Trinajstić information content (AvgIpc) is 0.946. The van der Waals surface area contributed by atoms with Crippen LogP contribution in [0.2, 0.25) is 0 Å². The number of hydrogen-bond acceptors (Lipinski definition) is 15. The Morgan fingerprint density at radius 3 is 0.752 bits per heavy atom. The summed E-state index contributed by atoms with van der Waals surface area (Å²) in [6, 6.07) is 0. The van der Waals surface area contributed by atoms with E-state index in [4.69, 9.17) is 37.0 Å². The lowest BCUT2D eigenvalue weighted by Gasteiger charge is -2.21. The van der Waals surface area contributed by atoms with Crippen molar-refractivity contribution in [1.82, 2.24) is 0 Å². The van der Waals surface area contributed by atoms with Gasteiger partial charge in [-0.1, -0.05) is 382 Å². The fourth-order valence-electron chi connectivity index (χ4n) is 12.7. The van der Waals surface area contributed by atoms with Crippen LogP contribution in [0.3, 0.4) is 0 Å². The van der Waals surface area contributed by atoms with Gasteiger partial charge in [-0.3, -0.25) is 37.3 Å². The molecule has 600 valence electrons. The van der Waals surface area contributed by atoms with Crippen molar-refractivity contribution in [2.45, 2.75) is 452 Å². The Kier molecular flexibility index (Phi) is 72.2. The van der Waals surface area contributed by atoms with Gasteiger partial charge in [-0.2, -0.15) is 0 Å². The van der Waals surface area contributed by atoms with E-state index in [1.165, 1.54) is 250 Å². The number of aliphatic hydroxyl groups is 1. The van der Waals surface area contributed by atoms with Gasteiger partial charge in [0, 0.05) is 25.7 Å². The Morgan fingerprint density at radius 2 is 0.505 bits per heavy atom. The first-order valence-corrected chi connectivity index (χ1v) is 45.5. The Balaban J connectivity index is 5.22. The molecule has 0 aromatic rings. The topological polar surface area (TPSA) is 237 Å². The summed E-state index contributed by atoms with van der Waals surface area (Å²) in [5.41, 5.74) is 0. The molecule has 0 radical (unpaired) electrons. The Bertz CT molecular complexity index is 1940. The number of aliphatic hydroxyl groups excluding tert-OH is 1. The molecule has 0 aliphatic rings. The molecule has 0 amide bonds. The van der Waals surface area contributed by atoms with Gasteiger partial charge in [0.15, 0.2) is 12.2 Å². The van der Waals surface area contributed by atoms with Gasteiger partial charge in [-0.15, -0.1) is 0 Å². The number of carbonyl (C=O) groups excluding carboxylic acids is 4. The Labute approximate surface area is 619 Å². The van der Waals surface area contributed by atoms with E-state index in [2.05, 4.69) is 41.5 Å². The summed E-state index contributed by atoms with van der Waals surface area (Å²) in [5, 5.41) is 10.6. The summed E-state index contributed by atoms with van der Waals surface area (Å²) in [6.45, 7) is 9.71. The maximum Gasteiger partial charge on any atom is 0.472 e. The number of carbonyl (C=O) groups is 4. The second-order valence-corrected chi connectivity index (χ2v) is 33.1. The van der Waals surface area contributed by atoms with Crippen LogP contribution in [0, 0.1) is 11.8 Å². The molecule has 101 heavy (non-hydrogen) atoms. The Morgan fingerprint density at radius 1 is 0.287 bits per heavy atom. The molecule has 0 bridgehead atoms. The summed E-state index contributed by atoms with van der Waals surface area (Å²) >= 11 is 0. The lowest BCUT2D eigenvalue weighted by Crippen LogP contribution is -2.30. The van der Waals surface area contributed by atoms with Gasteiger partial charge in [0.05, 0.1) is 26.4 Å². The van der Waals surface area contributed by atoms with Crippen molar-refractivity contribution in [2.75, 3.05) is 39.6 Å². The third-order valence-electron chi connectivity index (χ3n) is 19.6. The number of unbranched alkanes of at least 4 members (excludes halogenated alkanes) is 50. The van der Waals surface area contributed by atoms with Gasteiger partial charge in [-0.25, -0.2) is 9.13 Å². The van der Waals surface area contributed by atoms with E-state index in [1.807, 2.05) is 0 Å². The molecule has 0 fully saturated rings. The van der Waals surface area contributed by atoms with Crippen LogP contribution < -0.4 is 0 Å². The SMILES string of the molecule is CCCCCCCCCCCCCCCC(=O)OC[C@H](COP(=O)(O)OC[C@H](O)COP(=O)(O)OC[C@@H](COC(=O)CCCCCCCCCCCCC(C)C)OC(=O)CCCCCCCCCCCCCCCCCCCCC(C)CC)OC(=O)CCCCCCCCCCCCCCC. The lowest BCUT2D eigenvalue weighted by atomic mass is 9.99. The third kappa shape index (κ3) is 74.7. The normalized spacial score (nSPS) is 14.2. The van der Waals surface area contributed by atoms with Crippen molar-refractivity contribution >= 4 is 39.5 Å². The van der Waals surface area contributed by atoms with Crippen LogP contribution in [0.5, 0.6) is 0 Å². The van der Waals surface area contributed by atoms with Crippen LogP contribution in [-0.4, -0.2) is 96.7 Å². The molecule has 17 nitrogen and oxygen atoms in total. The highest BCUT2D eigenvalue weighted by Gasteiger charge is 2.30. The van der Waals surface area contributed by atoms with Crippen LogP contribution in [0.4, 0.5) is 0 Å². The smallest absolute Gasteiger partial charge is 0.462 e. The van der Waals surface area contributed by atoms with Gasteiger partial charge < -0.3 is 33.8 Å². The van der Waals surface area contributed by atoms with Crippen LogP contribution in [0.1, 0.15) is 433 Å². The standard InChI is InChI=1S/C82H160O17P2/c1-7-10-12-14-16-18-20-28-33-40-46-52-58-64-79(84)92-70-77(98-81(86)66-60-54-48-42-34-29-21-19-17-15-13-11-8-2)72-96-100(88,89)94-68-76(83)69-95-101(90,91)97-73-78(71-93-80(85)65-59-53-47-41-37-36-38-44-50-56-62-74(4)5)99-82(87)67-61-55-49-43-35-31-27-25-23-22-24-26-30-32-39-45-51-57-63-75(6)9-3/h74-78,83H,7-73H2,1-6H3,(H,88,89)(H,90,91)/t75?,76-,77+,78+/m0/s1. The summed E-state index contributed by atoms with van der Waals surface area (Å²) in [5.74, 6) is -0.476. The van der Waals surface area contributed by atoms with Crippen LogP contribution >= 0.6 is 15.6 Å². The molecule has 0 rings (SSSR count). The highest BCUT2D eigenvalue weighted by Crippen LogP contribution is 2.45. The molecule has 3 unspecified atom stereocenters. The molecule has 0 saturated carbocycles.